The summed E-state index contributed by atoms with van der Waals surface area (Å²) in [5.74, 6) is -0.147. The number of carbonyl (C=O) groups excluding carboxylic acids is 1. The number of nitrogens with one attached hydrogen (secondary N) is 1. The molecule has 0 saturated carbocycles. The molecule has 0 saturated heterocycles. The fourth-order valence-corrected chi connectivity index (χ4v) is 0.865. The Balaban J connectivity index is 2.11. The molecule has 2 aromatic heterocycles. The van der Waals surface area contributed by atoms with E-state index in [4.69, 9.17) is 4.74 Å². The molecule has 0 aliphatic heterocycles. The zero-order valence-electron chi connectivity index (χ0n) is 7.04. The third-order valence-corrected chi connectivity index (χ3v) is 1.48. The number of hydrogen-bond donors (Lipinski definition) is 1. The monoisotopic (exact) mass is 190 g/mol. The fourth-order valence-electron chi connectivity index (χ4n) is 0.865. The van der Waals surface area contributed by atoms with Crippen molar-refractivity contribution in [3.8, 4) is 5.75 Å². The number of hydrogen-bond acceptors (Lipinski definition) is 5. The summed E-state index contributed by atoms with van der Waals surface area (Å²) >= 11 is 0. The number of ether oxygens (including phenoxy) is 1. The molecule has 0 amide bonds. The van der Waals surface area contributed by atoms with Crippen molar-refractivity contribution in [2.75, 3.05) is 0 Å². The van der Waals surface area contributed by atoms with Crippen LogP contribution in [0.5, 0.6) is 5.75 Å². The molecule has 2 rings (SSSR count). The zero-order valence-corrected chi connectivity index (χ0v) is 7.04. The first-order chi connectivity index (χ1) is 6.86. The summed E-state index contributed by atoms with van der Waals surface area (Å²) in [6.45, 7) is 0. The Kier molecular flexibility index (Phi) is 2.18. The van der Waals surface area contributed by atoms with Crippen LogP contribution < -0.4 is 4.74 Å². The van der Waals surface area contributed by atoms with E-state index < -0.39 is 5.97 Å². The first-order valence-corrected chi connectivity index (χ1v) is 3.82. The summed E-state index contributed by atoms with van der Waals surface area (Å²) in [6, 6.07) is 0. The third kappa shape index (κ3) is 1.74. The molecule has 0 spiro atoms. The lowest BCUT2D eigenvalue weighted by Gasteiger charge is -1.98. The Labute approximate surface area is 79.0 Å². The summed E-state index contributed by atoms with van der Waals surface area (Å²) in [6.07, 6.45) is 6.99. The van der Waals surface area contributed by atoms with E-state index in [2.05, 4.69) is 20.2 Å². The van der Waals surface area contributed by atoms with Gasteiger partial charge in [-0.05, 0) is 0 Å². The predicted octanol–water partition coefficient (Wildman–Crippen LogP) is 0.419. The normalized spacial score (nSPS) is 9.71. The Morgan fingerprint density at radius 2 is 2.07 bits per heavy atom. The van der Waals surface area contributed by atoms with Gasteiger partial charge in [0.15, 0.2) is 5.75 Å². The minimum atomic E-state index is -0.507. The second-order valence-corrected chi connectivity index (χ2v) is 2.45. The first-order valence-electron chi connectivity index (χ1n) is 3.82. The molecule has 6 nitrogen and oxygen atoms in total. The molecule has 0 atom stereocenters. The van der Waals surface area contributed by atoms with Gasteiger partial charge in [-0.1, -0.05) is 0 Å². The molecular weight excluding hydrogens is 184 g/mol. The number of esters is 1. The second-order valence-electron chi connectivity index (χ2n) is 2.45. The molecular formula is C8H6N4O2. The summed E-state index contributed by atoms with van der Waals surface area (Å²) in [7, 11) is 0. The van der Waals surface area contributed by atoms with Gasteiger partial charge in [0.2, 0.25) is 0 Å². The van der Waals surface area contributed by atoms with Gasteiger partial charge < -0.3 is 4.74 Å². The number of H-pyrrole nitrogens is 1. The van der Waals surface area contributed by atoms with Crippen molar-refractivity contribution in [1.29, 1.82) is 0 Å². The number of carbonyl (C=O) groups is 1. The molecule has 0 aliphatic rings. The van der Waals surface area contributed by atoms with Crippen LogP contribution in [-0.4, -0.2) is 26.1 Å². The Morgan fingerprint density at radius 1 is 1.29 bits per heavy atom. The van der Waals surface area contributed by atoms with Crippen LogP contribution in [0.1, 0.15) is 10.4 Å². The number of nitrogens with zero attached hydrogens (tertiary/aromatic N) is 3. The highest BCUT2D eigenvalue weighted by molar-refractivity contribution is 5.90. The maximum Gasteiger partial charge on any atom is 0.346 e. The second kappa shape index (κ2) is 3.65. The maximum absolute atomic E-state index is 11.4. The van der Waals surface area contributed by atoms with Crippen LogP contribution in [-0.2, 0) is 0 Å². The Morgan fingerprint density at radius 3 is 2.71 bits per heavy atom. The summed E-state index contributed by atoms with van der Waals surface area (Å²) in [5, 5.41) is 6.16. The molecule has 6 heteroatoms. The van der Waals surface area contributed by atoms with E-state index >= 15 is 0 Å². The van der Waals surface area contributed by atoms with Gasteiger partial charge in [-0.15, -0.1) is 0 Å². The van der Waals surface area contributed by atoms with Crippen LogP contribution in [0.3, 0.4) is 0 Å². The lowest BCUT2D eigenvalue weighted by atomic mass is 10.3. The topological polar surface area (TPSA) is 80.8 Å². The van der Waals surface area contributed by atoms with Gasteiger partial charge in [0.05, 0.1) is 18.0 Å². The van der Waals surface area contributed by atoms with E-state index in [1.165, 1.54) is 31.1 Å². The van der Waals surface area contributed by atoms with Crippen LogP contribution in [0.15, 0.2) is 31.1 Å². The average molecular weight is 190 g/mol. The van der Waals surface area contributed by atoms with E-state index in [0.717, 1.165) is 0 Å². The van der Waals surface area contributed by atoms with Gasteiger partial charge in [-0.2, -0.15) is 5.10 Å². The van der Waals surface area contributed by atoms with Gasteiger partial charge in [-0.25, -0.2) is 14.8 Å². The van der Waals surface area contributed by atoms with E-state index in [-0.39, 0.29) is 0 Å². The quantitative estimate of drug-likeness (QED) is 0.694. The molecule has 0 fully saturated rings. The largest absolute Gasteiger partial charge is 0.419 e. The summed E-state index contributed by atoms with van der Waals surface area (Å²) in [4.78, 5) is 18.8. The number of aromatic amines is 1. The fraction of sp³-hybridized carbons (Fsp3) is 0. The van der Waals surface area contributed by atoms with Crippen molar-refractivity contribution in [1.82, 2.24) is 20.2 Å². The lowest BCUT2D eigenvalue weighted by molar-refractivity contribution is 0.0734. The first kappa shape index (κ1) is 8.36. The van der Waals surface area contributed by atoms with Crippen molar-refractivity contribution >= 4 is 5.97 Å². The highest BCUT2D eigenvalue weighted by atomic mass is 16.5. The SMILES string of the molecule is O=C(Oc1cn[nH]c1)c1cncnc1. The van der Waals surface area contributed by atoms with Gasteiger partial charge in [-0.3, -0.25) is 5.10 Å². The molecule has 0 unspecified atom stereocenters. The van der Waals surface area contributed by atoms with Crippen LogP contribution in [0, 0.1) is 0 Å². The molecule has 70 valence electrons. The molecule has 0 aliphatic carbocycles. The maximum atomic E-state index is 11.4. The van der Waals surface area contributed by atoms with E-state index in [1.807, 2.05) is 0 Å². The average Bonchev–Trinajstić information content (AvgIpc) is 2.72. The van der Waals surface area contributed by atoms with E-state index in [9.17, 15) is 4.79 Å². The molecule has 0 radical (unpaired) electrons. The van der Waals surface area contributed by atoms with Crippen molar-refractivity contribution in [3.63, 3.8) is 0 Å². The Hall–Kier alpha value is -2.24. The highest BCUT2D eigenvalue weighted by Crippen LogP contribution is 2.07. The van der Waals surface area contributed by atoms with Crippen molar-refractivity contribution in [3.05, 3.63) is 36.7 Å². The smallest absolute Gasteiger partial charge is 0.346 e. The lowest BCUT2D eigenvalue weighted by Crippen LogP contribution is -2.08. The minimum Gasteiger partial charge on any atom is -0.419 e. The van der Waals surface area contributed by atoms with E-state index in [1.54, 1.807) is 0 Å². The Bertz CT molecular complexity index is 412. The number of rotatable bonds is 2. The van der Waals surface area contributed by atoms with Gasteiger partial charge in [0, 0.05) is 12.4 Å². The van der Waals surface area contributed by atoms with E-state index in [0.29, 0.717) is 11.3 Å². The van der Waals surface area contributed by atoms with Gasteiger partial charge >= 0.3 is 5.97 Å². The molecule has 2 aromatic rings. The van der Waals surface area contributed by atoms with Crippen LogP contribution in [0.2, 0.25) is 0 Å². The number of aromatic nitrogens is 4. The standard InChI is InChI=1S/C8H6N4O2/c13-8(6-1-9-5-10-2-6)14-7-3-11-12-4-7/h1-5H,(H,11,12). The predicted molar refractivity (Wildman–Crippen MR) is 45.6 cm³/mol. The molecule has 1 N–H and O–H groups in total. The minimum absolute atomic E-state index is 0.300. The van der Waals surface area contributed by atoms with Gasteiger partial charge in [0.1, 0.15) is 6.33 Å². The van der Waals surface area contributed by atoms with Gasteiger partial charge in [0.25, 0.3) is 0 Å². The van der Waals surface area contributed by atoms with Crippen LogP contribution >= 0.6 is 0 Å². The van der Waals surface area contributed by atoms with Crippen LogP contribution in [0.25, 0.3) is 0 Å². The summed E-state index contributed by atoms with van der Waals surface area (Å²) < 4.78 is 4.93. The molecule has 0 bridgehead atoms. The van der Waals surface area contributed by atoms with Crippen LogP contribution in [0.4, 0.5) is 0 Å². The third-order valence-electron chi connectivity index (χ3n) is 1.48. The van der Waals surface area contributed by atoms with Crippen molar-refractivity contribution in [2.24, 2.45) is 0 Å². The molecule has 14 heavy (non-hydrogen) atoms. The zero-order chi connectivity index (χ0) is 9.80. The highest BCUT2D eigenvalue weighted by Gasteiger charge is 2.08. The van der Waals surface area contributed by atoms with Crippen molar-refractivity contribution in [2.45, 2.75) is 0 Å². The summed E-state index contributed by atoms with van der Waals surface area (Å²) in [5.41, 5.74) is 0.300. The van der Waals surface area contributed by atoms with Crippen molar-refractivity contribution < 1.29 is 9.53 Å². The molecule has 2 heterocycles. The molecule has 0 aromatic carbocycles.